The first-order chi connectivity index (χ1) is 8.10. The summed E-state index contributed by atoms with van der Waals surface area (Å²) in [6.07, 6.45) is 0. The minimum atomic E-state index is -0.384. The summed E-state index contributed by atoms with van der Waals surface area (Å²) in [4.78, 5) is 8.54. The van der Waals surface area contributed by atoms with E-state index >= 15 is 0 Å². The predicted octanol–water partition coefficient (Wildman–Crippen LogP) is 2.70. The molecule has 17 heavy (non-hydrogen) atoms. The summed E-state index contributed by atoms with van der Waals surface area (Å²) < 4.78 is 12.9. The van der Waals surface area contributed by atoms with E-state index < -0.39 is 0 Å². The average Bonchev–Trinajstić information content (AvgIpc) is 2.28. The molecule has 0 aliphatic rings. The Labute approximate surface area is 103 Å². The quantitative estimate of drug-likeness (QED) is 0.893. The van der Waals surface area contributed by atoms with Gasteiger partial charge in [-0.2, -0.15) is 0 Å². The number of aryl methyl sites for hydroxylation is 1. The van der Waals surface area contributed by atoms with E-state index in [2.05, 4.69) is 9.97 Å². The highest BCUT2D eigenvalue weighted by molar-refractivity contribution is 6.33. The van der Waals surface area contributed by atoms with Gasteiger partial charge in [-0.15, -0.1) is 0 Å². The van der Waals surface area contributed by atoms with E-state index in [1.54, 1.807) is 12.1 Å². The molecule has 0 radical (unpaired) electrons. The van der Waals surface area contributed by atoms with Crippen molar-refractivity contribution in [3.8, 4) is 11.4 Å². The van der Waals surface area contributed by atoms with E-state index in [1.807, 2.05) is 6.92 Å². The second-order valence-corrected chi connectivity index (χ2v) is 4.06. The summed E-state index contributed by atoms with van der Waals surface area (Å²) in [6.45, 7) is 2.18. The number of benzene rings is 1. The maximum Gasteiger partial charge on any atom is 0.161 e. The van der Waals surface area contributed by atoms with Crippen molar-refractivity contribution >= 4 is 11.6 Å². The molecule has 2 aromatic rings. The first kappa shape index (κ1) is 12.0. The molecular weight excluding hydrogens is 241 g/mol. The fourth-order valence-electron chi connectivity index (χ4n) is 1.53. The monoisotopic (exact) mass is 251 g/mol. The highest BCUT2D eigenvalue weighted by atomic mass is 35.5. The molecule has 1 aromatic carbocycles. The fraction of sp³-hybridized carbons (Fsp3) is 0.167. The number of aromatic nitrogens is 2. The van der Waals surface area contributed by atoms with Gasteiger partial charge >= 0.3 is 0 Å². The lowest BCUT2D eigenvalue weighted by Gasteiger charge is -2.06. The Morgan fingerprint density at radius 2 is 2.06 bits per heavy atom. The molecule has 0 spiro atoms. The Morgan fingerprint density at radius 1 is 1.29 bits per heavy atom. The van der Waals surface area contributed by atoms with Gasteiger partial charge in [0.15, 0.2) is 5.82 Å². The zero-order valence-corrected chi connectivity index (χ0v) is 10.0. The lowest BCUT2D eigenvalue weighted by Crippen LogP contribution is -2.03. The Kier molecular flexibility index (Phi) is 3.36. The van der Waals surface area contributed by atoms with Gasteiger partial charge in [-0.1, -0.05) is 11.6 Å². The Hall–Kier alpha value is -1.52. The molecule has 1 aromatic heterocycles. The molecule has 0 amide bonds. The lowest BCUT2D eigenvalue weighted by molar-refractivity contribution is 0.628. The van der Waals surface area contributed by atoms with Crippen LogP contribution in [0.4, 0.5) is 4.39 Å². The summed E-state index contributed by atoms with van der Waals surface area (Å²) >= 11 is 5.96. The number of rotatable bonds is 2. The highest BCUT2D eigenvalue weighted by Crippen LogP contribution is 2.26. The topological polar surface area (TPSA) is 51.8 Å². The second-order valence-electron chi connectivity index (χ2n) is 3.65. The van der Waals surface area contributed by atoms with Gasteiger partial charge in [0.05, 0.1) is 10.7 Å². The lowest BCUT2D eigenvalue weighted by atomic mass is 10.2. The molecule has 3 nitrogen and oxygen atoms in total. The van der Waals surface area contributed by atoms with E-state index in [0.717, 1.165) is 11.4 Å². The van der Waals surface area contributed by atoms with Crippen LogP contribution in [0.2, 0.25) is 5.02 Å². The molecule has 0 saturated carbocycles. The Morgan fingerprint density at radius 3 is 2.71 bits per heavy atom. The van der Waals surface area contributed by atoms with E-state index in [1.165, 1.54) is 12.1 Å². The van der Waals surface area contributed by atoms with Crippen LogP contribution < -0.4 is 5.73 Å². The van der Waals surface area contributed by atoms with Gasteiger partial charge in [0, 0.05) is 17.8 Å². The van der Waals surface area contributed by atoms with Crippen molar-refractivity contribution in [2.45, 2.75) is 13.5 Å². The molecule has 0 bridgehead atoms. The van der Waals surface area contributed by atoms with Crippen LogP contribution in [0.1, 0.15) is 11.4 Å². The van der Waals surface area contributed by atoms with Gasteiger partial charge in [-0.25, -0.2) is 14.4 Å². The largest absolute Gasteiger partial charge is 0.325 e. The maximum absolute atomic E-state index is 12.9. The van der Waals surface area contributed by atoms with Crippen molar-refractivity contribution < 1.29 is 4.39 Å². The van der Waals surface area contributed by atoms with Crippen molar-refractivity contribution in [2.24, 2.45) is 5.73 Å². The van der Waals surface area contributed by atoms with Gasteiger partial charge in [-0.05, 0) is 31.2 Å². The Balaban J connectivity index is 2.55. The van der Waals surface area contributed by atoms with Gasteiger partial charge in [0.2, 0.25) is 0 Å². The van der Waals surface area contributed by atoms with Crippen molar-refractivity contribution in [1.82, 2.24) is 9.97 Å². The number of hydrogen-bond acceptors (Lipinski definition) is 3. The van der Waals surface area contributed by atoms with Crippen LogP contribution in [0.15, 0.2) is 24.3 Å². The van der Waals surface area contributed by atoms with Crippen LogP contribution in [-0.2, 0) is 6.54 Å². The molecule has 0 aliphatic heterocycles. The number of nitrogens with zero attached hydrogens (tertiary/aromatic N) is 2. The molecule has 0 saturated heterocycles. The maximum atomic E-state index is 12.9. The standard InChI is InChI=1S/C12H11ClFN3/c1-7-4-9(6-15)17-12(16-7)10-3-2-8(14)5-11(10)13/h2-5H,6,15H2,1H3. The minimum absolute atomic E-state index is 0.290. The number of nitrogens with two attached hydrogens (primary N) is 1. The summed E-state index contributed by atoms with van der Waals surface area (Å²) in [5, 5.41) is 0.290. The van der Waals surface area contributed by atoms with E-state index in [0.29, 0.717) is 23.0 Å². The van der Waals surface area contributed by atoms with Crippen molar-refractivity contribution in [3.63, 3.8) is 0 Å². The zero-order chi connectivity index (χ0) is 12.4. The van der Waals surface area contributed by atoms with Crippen molar-refractivity contribution in [3.05, 3.63) is 46.5 Å². The SMILES string of the molecule is Cc1cc(CN)nc(-c2ccc(F)cc2Cl)n1. The van der Waals surface area contributed by atoms with Gasteiger partial charge < -0.3 is 5.73 Å². The normalized spacial score (nSPS) is 10.6. The molecule has 2 rings (SSSR count). The van der Waals surface area contributed by atoms with E-state index in [4.69, 9.17) is 17.3 Å². The van der Waals surface area contributed by atoms with E-state index in [9.17, 15) is 4.39 Å². The summed E-state index contributed by atoms with van der Waals surface area (Å²) in [5.41, 5.74) is 7.68. The molecule has 0 unspecified atom stereocenters. The molecule has 0 aliphatic carbocycles. The van der Waals surface area contributed by atoms with Crippen molar-refractivity contribution in [1.29, 1.82) is 0 Å². The smallest absolute Gasteiger partial charge is 0.161 e. The molecule has 5 heteroatoms. The first-order valence-corrected chi connectivity index (χ1v) is 5.48. The third-order valence-electron chi connectivity index (χ3n) is 2.29. The third kappa shape index (κ3) is 2.60. The summed E-state index contributed by atoms with van der Waals surface area (Å²) in [6, 6.07) is 5.94. The number of halogens is 2. The summed E-state index contributed by atoms with van der Waals surface area (Å²) in [7, 11) is 0. The van der Waals surface area contributed by atoms with Crippen molar-refractivity contribution in [2.75, 3.05) is 0 Å². The predicted molar refractivity (Wildman–Crippen MR) is 65.1 cm³/mol. The fourth-order valence-corrected chi connectivity index (χ4v) is 1.78. The van der Waals surface area contributed by atoms with E-state index in [-0.39, 0.29) is 5.82 Å². The molecule has 1 heterocycles. The molecule has 0 fully saturated rings. The van der Waals surface area contributed by atoms with Crippen LogP contribution >= 0.6 is 11.6 Å². The highest BCUT2D eigenvalue weighted by Gasteiger charge is 2.09. The van der Waals surface area contributed by atoms with Gasteiger partial charge in [0.25, 0.3) is 0 Å². The van der Waals surface area contributed by atoms with Crippen LogP contribution in [0.25, 0.3) is 11.4 Å². The molecular formula is C12H11ClFN3. The van der Waals surface area contributed by atoms with Crippen LogP contribution in [-0.4, -0.2) is 9.97 Å². The second kappa shape index (κ2) is 4.77. The van der Waals surface area contributed by atoms with Crippen LogP contribution in [0.5, 0.6) is 0 Å². The van der Waals surface area contributed by atoms with Crippen LogP contribution in [0, 0.1) is 12.7 Å². The first-order valence-electron chi connectivity index (χ1n) is 5.10. The van der Waals surface area contributed by atoms with Gasteiger partial charge in [-0.3, -0.25) is 0 Å². The average molecular weight is 252 g/mol. The Bertz CT molecular complexity index is 557. The molecule has 2 N–H and O–H groups in total. The molecule has 88 valence electrons. The third-order valence-corrected chi connectivity index (χ3v) is 2.60. The minimum Gasteiger partial charge on any atom is -0.325 e. The van der Waals surface area contributed by atoms with Crippen LogP contribution in [0.3, 0.4) is 0 Å². The van der Waals surface area contributed by atoms with Gasteiger partial charge in [0.1, 0.15) is 5.82 Å². The summed E-state index contributed by atoms with van der Waals surface area (Å²) in [5.74, 6) is 0.0842. The number of hydrogen-bond donors (Lipinski definition) is 1. The molecule has 0 atom stereocenters. The zero-order valence-electron chi connectivity index (χ0n) is 9.24.